The van der Waals surface area contributed by atoms with E-state index >= 15 is 0 Å². The molecule has 0 saturated heterocycles. The van der Waals surface area contributed by atoms with Gasteiger partial charge in [0.1, 0.15) is 0 Å². The molecule has 0 aromatic heterocycles. The highest BCUT2D eigenvalue weighted by Gasteiger charge is 2.13. The third-order valence-electron chi connectivity index (χ3n) is 2.42. The number of rotatable bonds is 2. The monoisotopic (exact) mass is 271 g/mol. The van der Waals surface area contributed by atoms with E-state index in [9.17, 15) is 4.79 Å². The molecule has 1 rings (SSSR count). The number of methoxy groups -OCH3 is 1. The Morgan fingerprint density at radius 2 is 2.13 bits per heavy atom. The highest BCUT2D eigenvalue weighted by atomic mass is 79.9. The Balaban J connectivity index is 3.21. The number of hydrogen-bond acceptors (Lipinski definition) is 3. The summed E-state index contributed by atoms with van der Waals surface area (Å²) in [6, 6.07) is 1.89. The fourth-order valence-corrected chi connectivity index (χ4v) is 1.96. The predicted molar refractivity (Wildman–Crippen MR) is 63.7 cm³/mol. The van der Waals surface area contributed by atoms with E-state index in [4.69, 9.17) is 5.73 Å². The number of aryl methyl sites for hydroxylation is 1. The normalized spacial score (nSPS) is 10.1. The standard InChI is InChI=1S/C11H14BrNO2/c1-6-4-9(13)7(2)8(11(6)12)5-10(14)15-3/h4H,5,13H2,1-3H3. The Morgan fingerprint density at radius 1 is 1.53 bits per heavy atom. The van der Waals surface area contributed by atoms with Crippen LogP contribution in [0.25, 0.3) is 0 Å². The molecule has 0 unspecified atom stereocenters. The number of nitrogens with two attached hydrogens (primary N) is 1. The Morgan fingerprint density at radius 3 is 2.67 bits per heavy atom. The number of halogens is 1. The second kappa shape index (κ2) is 4.66. The molecule has 4 heteroatoms. The number of esters is 1. The van der Waals surface area contributed by atoms with E-state index in [1.165, 1.54) is 7.11 Å². The van der Waals surface area contributed by atoms with Crippen LogP contribution >= 0.6 is 15.9 Å². The molecule has 15 heavy (non-hydrogen) atoms. The molecule has 0 radical (unpaired) electrons. The maximum Gasteiger partial charge on any atom is 0.310 e. The molecule has 0 spiro atoms. The van der Waals surface area contributed by atoms with E-state index in [-0.39, 0.29) is 12.4 Å². The van der Waals surface area contributed by atoms with Crippen LogP contribution in [0.3, 0.4) is 0 Å². The lowest BCUT2D eigenvalue weighted by Gasteiger charge is -2.12. The van der Waals surface area contributed by atoms with Gasteiger partial charge in [0, 0.05) is 10.2 Å². The molecule has 1 aromatic carbocycles. The molecule has 0 atom stereocenters. The van der Waals surface area contributed by atoms with Crippen LogP contribution in [0.4, 0.5) is 5.69 Å². The SMILES string of the molecule is COC(=O)Cc1c(C)c(N)cc(C)c1Br. The van der Waals surface area contributed by atoms with E-state index in [1.54, 1.807) is 0 Å². The first-order valence-electron chi connectivity index (χ1n) is 4.58. The Labute approximate surface area is 97.7 Å². The molecule has 0 aliphatic carbocycles. The molecule has 3 nitrogen and oxygen atoms in total. The largest absolute Gasteiger partial charge is 0.469 e. The first-order chi connectivity index (χ1) is 6.97. The van der Waals surface area contributed by atoms with E-state index in [2.05, 4.69) is 20.7 Å². The zero-order valence-electron chi connectivity index (χ0n) is 9.06. The zero-order valence-corrected chi connectivity index (χ0v) is 10.6. The van der Waals surface area contributed by atoms with Crippen molar-refractivity contribution in [3.63, 3.8) is 0 Å². The quantitative estimate of drug-likeness (QED) is 0.664. The fraction of sp³-hybridized carbons (Fsp3) is 0.364. The summed E-state index contributed by atoms with van der Waals surface area (Å²) in [5, 5.41) is 0. The zero-order chi connectivity index (χ0) is 11.6. The highest BCUT2D eigenvalue weighted by molar-refractivity contribution is 9.10. The minimum Gasteiger partial charge on any atom is -0.469 e. The van der Waals surface area contributed by atoms with E-state index < -0.39 is 0 Å². The van der Waals surface area contributed by atoms with Gasteiger partial charge in [-0.15, -0.1) is 0 Å². The lowest BCUT2D eigenvalue weighted by atomic mass is 10.0. The number of hydrogen-bond donors (Lipinski definition) is 1. The minimum atomic E-state index is -0.260. The van der Waals surface area contributed by atoms with Crippen LogP contribution in [-0.2, 0) is 16.0 Å². The minimum absolute atomic E-state index is 0.245. The maximum absolute atomic E-state index is 11.2. The third kappa shape index (κ3) is 2.50. The molecule has 2 N–H and O–H groups in total. The van der Waals surface area contributed by atoms with E-state index in [0.29, 0.717) is 5.69 Å². The third-order valence-corrected chi connectivity index (χ3v) is 3.52. The molecule has 0 aliphatic heterocycles. The van der Waals surface area contributed by atoms with Crippen molar-refractivity contribution >= 4 is 27.6 Å². The lowest BCUT2D eigenvalue weighted by molar-refractivity contribution is -0.139. The van der Waals surface area contributed by atoms with Crippen LogP contribution in [0.1, 0.15) is 16.7 Å². The van der Waals surface area contributed by atoms with E-state index in [1.807, 2.05) is 19.9 Å². The number of nitrogen functional groups attached to an aromatic ring is 1. The van der Waals surface area contributed by atoms with Crippen LogP contribution in [0, 0.1) is 13.8 Å². The van der Waals surface area contributed by atoms with Crippen LogP contribution in [0.2, 0.25) is 0 Å². The van der Waals surface area contributed by atoms with Crippen LogP contribution in [-0.4, -0.2) is 13.1 Å². The number of carbonyl (C=O) groups is 1. The first-order valence-corrected chi connectivity index (χ1v) is 5.37. The molecule has 0 bridgehead atoms. The van der Waals surface area contributed by atoms with Crippen molar-refractivity contribution in [1.29, 1.82) is 0 Å². The Bertz CT molecular complexity index is 376. The molecule has 0 saturated carbocycles. The number of anilines is 1. The summed E-state index contributed by atoms with van der Waals surface area (Å²) in [7, 11) is 1.38. The Kier molecular flexibility index (Phi) is 3.74. The van der Waals surface area contributed by atoms with Crippen LogP contribution in [0.5, 0.6) is 0 Å². The van der Waals surface area contributed by atoms with Crippen molar-refractivity contribution in [2.75, 3.05) is 12.8 Å². The second-order valence-electron chi connectivity index (χ2n) is 3.45. The van der Waals surface area contributed by atoms with Crippen LogP contribution < -0.4 is 5.73 Å². The summed E-state index contributed by atoms with van der Waals surface area (Å²) in [5.74, 6) is -0.260. The molecule has 0 amide bonds. The fourth-order valence-electron chi connectivity index (χ4n) is 1.41. The second-order valence-corrected chi connectivity index (χ2v) is 4.25. The summed E-state index contributed by atoms with van der Waals surface area (Å²) in [5.41, 5.74) is 9.39. The highest BCUT2D eigenvalue weighted by Crippen LogP contribution is 2.29. The number of carbonyl (C=O) groups excluding carboxylic acids is 1. The Hall–Kier alpha value is -1.03. The molecule has 0 heterocycles. The van der Waals surface area contributed by atoms with Crippen molar-refractivity contribution in [2.24, 2.45) is 0 Å². The lowest BCUT2D eigenvalue weighted by Crippen LogP contribution is -2.08. The molecular formula is C11H14BrNO2. The van der Waals surface area contributed by atoms with Crippen molar-refractivity contribution in [1.82, 2.24) is 0 Å². The van der Waals surface area contributed by atoms with Gasteiger partial charge in [0.2, 0.25) is 0 Å². The van der Waals surface area contributed by atoms with Crippen molar-refractivity contribution in [3.8, 4) is 0 Å². The van der Waals surface area contributed by atoms with Gasteiger partial charge in [0.15, 0.2) is 0 Å². The summed E-state index contributed by atoms with van der Waals surface area (Å²) in [6.45, 7) is 3.85. The summed E-state index contributed by atoms with van der Waals surface area (Å²) in [4.78, 5) is 11.2. The maximum atomic E-state index is 11.2. The predicted octanol–water partition coefficient (Wildman–Crippen LogP) is 2.36. The molecule has 0 aliphatic rings. The molecule has 0 fully saturated rings. The van der Waals surface area contributed by atoms with Crippen molar-refractivity contribution in [3.05, 3.63) is 27.2 Å². The van der Waals surface area contributed by atoms with Gasteiger partial charge >= 0.3 is 5.97 Å². The van der Waals surface area contributed by atoms with Crippen molar-refractivity contribution in [2.45, 2.75) is 20.3 Å². The average molecular weight is 272 g/mol. The summed E-state index contributed by atoms with van der Waals surface area (Å²) >= 11 is 3.46. The average Bonchev–Trinajstić information content (AvgIpc) is 2.21. The smallest absolute Gasteiger partial charge is 0.310 e. The van der Waals surface area contributed by atoms with Crippen LogP contribution in [0.15, 0.2) is 10.5 Å². The van der Waals surface area contributed by atoms with Gasteiger partial charge in [-0.3, -0.25) is 4.79 Å². The topological polar surface area (TPSA) is 52.3 Å². The van der Waals surface area contributed by atoms with Crippen molar-refractivity contribution < 1.29 is 9.53 Å². The van der Waals surface area contributed by atoms with Gasteiger partial charge in [-0.1, -0.05) is 15.9 Å². The van der Waals surface area contributed by atoms with Gasteiger partial charge in [-0.25, -0.2) is 0 Å². The molecular weight excluding hydrogens is 258 g/mol. The number of ether oxygens (including phenoxy) is 1. The summed E-state index contributed by atoms with van der Waals surface area (Å²) < 4.78 is 5.57. The van der Waals surface area contributed by atoms with E-state index in [0.717, 1.165) is 21.2 Å². The number of benzene rings is 1. The van der Waals surface area contributed by atoms with Gasteiger partial charge in [0.25, 0.3) is 0 Å². The van der Waals surface area contributed by atoms with Gasteiger partial charge in [-0.2, -0.15) is 0 Å². The first kappa shape index (κ1) is 12.0. The summed E-state index contributed by atoms with van der Waals surface area (Å²) in [6.07, 6.45) is 0.245. The van der Waals surface area contributed by atoms with Gasteiger partial charge < -0.3 is 10.5 Å². The van der Waals surface area contributed by atoms with Gasteiger partial charge in [-0.05, 0) is 36.6 Å². The molecule has 82 valence electrons. The molecule has 1 aromatic rings. The van der Waals surface area contributed by atoms with Gasteiger partial charge in [0.05, 0.1) is 13.5 Å².